The number of hydrogen-bond acceptors (Lipinski definition) is 3. The van der Waals surface area contributed by atoms with E-state index >= 15 is 0 Å². The number of aromatic carboxylic acids is 2. The van der Waals surface area contributed by atoms with Crippen molar-refractivity contribution in [3.63, 3.8) is 0 Å². The summed E-state index contributed by atoms with van der Waals surface area (Å²) < 4.78 is 1.38. The number of benzene rings is 1. The van der Waals surface area contributed by atoms with Crippen molar-refractivity contribution in [1.82, 2.24) is 0 Å². The van der Waals surface area contributed by atoms with Crippen LogP contribution in [0.1, 0.15) is 74.1 Å². The number of carboxylic acids is 2. The third kappa shape index (κ3) is 8.68. The molecule has 0 atom stereocenters. The largest absolute Gasteiger partial charge is 0.545 e. The summed E-state index contributed by atoms with van der Waals surface area (Å²) in [5.74, 6) is -2.40. The lowest BCUT2D eigenvalue weighted by Gasteiger charge is -2.38. The molecular formula is C20H33NO4. The highest BCUT2D eigenvalue weighted by molar-refractivity contribution is 5.90. The van der Waals surface area contributed by atoms with Crippen LogP contribution in [0.2, 0.25) is 0 Å². The highest BCUT2D eigenvalue weighted by atomic mass is 16.4. The Labute approximate surface area is 151 Å². The standard InChI is InChI=1S/C12H28N.C8H6O4/c1-5-9-13(10-6-2,11-7-3)12-8-4;9-7(10)5-1-2-6(4-3-5)8(11)12/h5-12H2,1-4H3;1-4H,(H,9,10)(H,11,12)/q+1;/p-1. The Morgan fingerprint density at radius 1 is 0.800 bits per heavy atom. The van der Waals surface area contributed by atoms with Crippen LogP contribution >= 0.6 is 0 Å². The van der Waals surface area contributed by atoms with Crippen molar-refractivity contribution in [3.8, 4) is 0 Å². The van der Waals surface area contributed by atoms with Crippen molar-refractivity contribution < 1.29 is 24.3 Å². The van der Waals surface area contributed by atoms with Gasteiger partial charge >= 0.3 is 5.97 Å². The minimum atomic E-state index is -1.31. The summed E-state index contributed by atoms with van der Waals surface area (Å²) >= 11 is 0. The van der Waals surface area contributed by atoms with Gasteiger partial charge in [-0.1, -0.05) is 39.8 Å². The summed E-state index contributed by atoms with van der Waals surface area (Å²) in [7, 11) is 0. The molecule has 142 valence electrons. The van der Waals surface area contributed by atoms with E-state index in [2.05, 4.69) is 27.7 Å². The Bertz CT molecular complexity index is 448. The van der Waals surface area contributed by atoms with Gasteiger partial charge in [-0.3, -0.25) is 0 Å². The lowest BCUT2D eigenvalue weighted by Crippen LogP contribution is -2.50. The fourth-order valence-corrected chi connectivity index (χ4v) is 3.32. The maximum atomic E-state index is 10.3. The predicted octanol–water partition coefficient (Wildman–Crippen LogP) is 3.19. The van der Waals surface area contributed by atoms with Gasteiger partial charge in [0.15, 0.2) is 0 Å². The molecule has 0 aliphatic carbocycles. The van der Waals surface area contributed by atoms with Crippen molar-refractivity contribution in [1.29, 1.82) is 0 Å². The number of rotatable bonds is 10. The molecule has 0 bridgehead atoms. The molecule has 0 aliphatic heterocycles. The summed E-state index contributed by atoms with van der Waals surface area (Å²) in [4.78, 5) is 20.5. The Balaban J connectivity index is 0.000000462. The van der Waals surface area contributed by atoms with Gasteiger partial charge < -0.3 is 19.5 Å². The first-order valence-corrected chi connectivity index (χ1v) is 9.25. The van der Waals surface area contributed by atoms with Crippen LogP contribution in [0, 0.1) is 0 Å². The second kappa shape index (κ2) is 12.5. The first-order chi connectivity index (χ1) is 11.9. The van der Waals surface area contributed by atoms with Crippen molar-refractivity contribution in [2.24, 2.45) is 0 Å². The number of carboxylic acid groups (broad SMARTS) is 2. The quantitative estimate of drug-likeness (QED) is 0.657. The summed E-state index contributed by atoms with van der Waals surface area (Å²) in [5.41, 5.74) is 0.0278. The summed E-state index contributed by atoms with van der Waals surface area (Å²) in [6.07, 6.45) is 5.33. The van der Waals surface area contributed by atoms with Gasteiger partial charge in [0.25, 0.3) is 0 Å². The number of carbonyl (C=O) groups excluding carboxylic acids is 1. The third-order valence-corrected chi connectivity index (χ3v) is 4.16. The van der Waals surface area contributed by atoms with E-state index < -0.39 is 11.9 Å². The zero-order valence-electron chi connectivity index (χ0n) is 16.1. The number of quaternary nitrogens is 1. The van der Waals surface area contributed by atoms with Crippen LogP contribution in [0.25, 0.3) is 0 Å². The molecule has 0 saturated heterocycles. The average Bonchev–Trinajstić information content (AvgIpc) is 2.56. The topological polar surface area (TPSA) is 77.4 Å². The SMILES string of the molecule is CCC[N+](CCC)(CCC)CCC.O=C([O-])c1ccc(C(=O)O)cc1. The molecule has 0 radical (unpaired) electrons. The number of carbonyl (C=O) groups is 2. The fraction of sp³-hybridized carbons (Fsp3) is 0.600. The summed E-state index contributed by atoms with van der Waals surface area (Å²) in [5, 5.41) is 18.7. The van der Waals surface area contributed by atoms with Gasteiger partial charge in [0.2, 0.25) is 0 Å². The first-order valence-electron chi connectivity index (χ1n) is 9.25. The van der Waals surface area contributed by atoms with Crippen molar-refractivity contribution >= 4 is 11.9 Å². The van der Waals surface area contributed by atoms with Crippen LogP contribution in [0.5, 0.6) is 0 Å². The molecule has 1 aromatic rings. The van der Waals surface area contributed by atoms with Gasteiger partial charge in [-0.05, 0) is 43.4 Å². The lowest BCUT2D eigenvalue weighted by molar-refractivity contribution is -0.928. The van der Waals surface area contributed by atoms with Gasteiger partial charge in [0, 0.05) is 0 Å². The minimum Gasteiger partial charge on any atom is -0.545 e. The van der Waals surface area contributed by atoms with E-state index in [1.807, 2.05) is 0 Å². The third-order valence-electron chi connectivity index (χ3n) is 4.16. The molecule has 0 unspecified atom stereocenters. The van der Waals surface area contributed by atoms with Gasteiger partial charge in [-0.2, -0.15) is 0 Å². The molecule has 0 saturated carbocycles. The maximum Gasteiger partial charge on any atom is 0.335 e. The molecule has 0 spiro atoms. The average molecular weight is 351 g/mol. The highest BCUT2D eigenvalue weighted by Gasteiger charge is 2.22. The normalized spacial score (nSPS) is 10.7. The van der Waals surface area contributed by atoms with E-state index in [1.165, 1.54) is 80.6 Å². The first kappa shape index (κ1) is 23.1. The zero-order valence-corrected chi connectivity index (χ0v) is 16.1. The van der Waals surface area contributed by atoms with Crippen LogP contribution in [0.15, 0.2) is 24.3 Å². The van der Waals surface area contributed by atoms with Crippen LogP contribution in [0.4, 0.5) is 0 Å². The minimum absolute atomic E-state index is 0.0278. The Hall–Kier alpha value is -1.88. The van der Waals surface area contributed by atoms with Gasteiger partial charge in [0.05, 0.1) is 37.7 Å². The van der Waals surface area contributed by atoms with E-state index in [4.69, 9.17) is 5.11 Å². The van der Waals surface area contributed by atoms with E-state index in [0.717, 1.165) is 0 Å². The van der Waals surface area contributed by atoms with Gasteiger partial charge in [0.1, 0.15) is 0 Å². The van der Waals surface area contributed by atoms with Crippen molar-refractivity contribution in [3.05, 3.63) is 35.4 Å². The molecule has 25 heavy (non-hydrogen) atoms. The molecule has 0 heterocycles. The number of hydrogen-bond donors (Lipinski definition) is 1. The molecule has 5 nitrogen and oxygen atoms in total. The van der Waals surface area contributed by atoms with Gasteiger partial charge in [-0.15, -0.1) is 0 Å². The monoisotopic (exact) mass is 351 g/mol. The van der Waals surface area contributed by atoms with E-state index in [-0.39, 0.29) is 11.1 Å². The van der Waals surface area contributed by atoms with E-state index in [1.54, 1.807) is 0 Å². The second-order valence-electron chi connectivity index (χ2n) is 6.41. The molecule has 0 fully saturated rings. The predicted molar refractivity (Wildman–Crippen MR) is 98.6 cm³/mol. The van der Waals surface area contributed by atoms with E-state index in [9.17, 15) is 14.7 Å². The molecular weight excluding hydrogens is 318 g/mol. The van der Waals surface area contributed by atoms with Gasteiger partial charge in [-0.25, -0.2) is 4.79 Å². The Morgan fingerprint density at radius 3 is 1.36 bits per heavy atom. The second-order valence-corrected chi connectivity index (χ2v) is 6.41. The highest BCUT2D eigenvalue weighted by Crippen LogP contribution is 2.12. The van der Waals surface area contributed by atoms with Crippen LogP contribution in [0.3, 0.4) is 0 Å². The molecule has 1 aromatic carbocycles. The molecule has 0 aromatic heterocycles. The van der Waals surface area contributed by atoms with Crippen LogP contribution in [-0.2, 0) is 0 Å². The molecule has 1 rings (SSSR count). The van der Waals surface area contributed by atoms with Crippen molar-refractivity contribution in [2.45, 2.75) is 53.4 Å². The Kier molecular flexibility index (Phi) is 11.5. The van der Waals surface area contributed by atoms with E-state index in [0.29, 0.717) is 0 Å². The molecule has 1 N–H and O–H groups in total. The summed E-state index contributed by atoms with van der Waals surface area (Å²) in [6.45, 7) is 14.8. The van der Waals surface area contributed by atoms with Crippen molar-refractivity contribution in [2.75, 3.05) is 26.2 Å². The zero-order chi connectivity index (χ0) is 19.3. The molecule has 0 aliphatic rings. The van der Waals surface area contributed by atoms with Crippen LogP contribution in [-0.4, -0.2) is 47.7 Å². The maximum absolute atomic E-state index is 10.3. The smallest absolute Gasteiger partial charge is 0.335 e. The lowest BCUT2D eigenvalue weighted by atomic mass is 10.1. The fourth-order valence-electron chi connectivity index (χ4n) is 3.32. The Morgan fingerprint density at radius 2 is 1.12 bits per heavy atom. The van der Waals surface area contributed by atoms with Crippen LogP contribution < -0.4 is 5.11 Å². The summed E-state index contributed by atoms with van der Waals surface area (Å²) in [6, 6.07) is 4.82. The number of nitrogens with zero attached hydrogens (tertiary/aromatic N) is 1. The molecule has 5 heteroatoms. The molecule has 0 amide bonds.